The van der Waals surface area contributed by atoms with E-state index >= 15 is 0 Å². The quantitative estimate of drug-likeness (QED) is 0.715. The van der Waals surface area contributed by atoms with E-state index in [0.29, 0.717) is 12.6 Å². The maximum absolute atomic E-state index is 11.4. The van der Waals surface area contributed by atoms with Crippen LogP contribution in [0.1, 0.15) is 6.23 Å². The number of ether oxygens (including phenoxy) is 2. The molecule has 0 amide bonds. The molecular weight excluding hydrogens is 320 g/mol. The lowest BCUT2D eigenvalue weighted by atomic mass is 10.1. The Morgan fingerprint density at radius 3 is 2.77 bits per heavy atom. The summed E-state index contributed by atoms with van der Waals surface area (Å²) in [5, 5.41) is 0. The molecule has 0 aromatic carbocycles. The van der Waals surface area contributed by atoms with Crippen molar-refractivity contribution in [2.45, 2.75) is 50.7 Å². The molecule has 122 valence electrons. The molecule has 3 rings (SSSR count). The second-order valence-corrected chi connectivity index (χ2v) is 10.9. The van der Waals surface area contributed by atoms with Crippen LogP contribution in [0.25, 0.3) is 0 Å². The fourth-order valence-corrected chi connectivity index (χ4v) is 4.29. The van der Waals surface area contributed by atoms with E-state index < -0.39 is 18.1 Å². The zero-order valence-corrected chi connectivity index (χ0v) is 15.6. The molecule has 0 saturated carbocycles. The van der Waals surface area contributed by atoms with E-state index in [9.17, 15) is 4.79 Å². The van der Waals surface area contributed by atoms with Crippen LogP contribution in [0.3, 0.4) is 0 Å². The van der Waals surface area contributed by atoms with Crippen LogP contribution < -0.4 is 10.3 Å². The molecule has 7 nitrogen and oxygen atoms in total. The monoisotopic (exact) mass is 342 g/mol. The second kappa shape index (κ2) is 6.24. The molecule has 3 heterocycles. The topological polar surface area (TPSA) is 71.8 Å². The first-order chi connectivity index (χ1) is 10.5. The van der Waals surface area contributed by atoms with Crippen LogP contribution in [0.5, 0.6) is 6.01 Å². The van der Waals surface area contributed by atoms with Crippen molar-refractivity contribution in [3.8, 4) is 6.01 Å². The molecule has 9 heteroatoms. The zero-order chi connectivity index (χ0) is 15.9. The molecule has 4 unspecified atom stereocenters. The summed E-state index contributed by atoms with van der Waals surface area (Å²) in [6.45, 7) is 9.01. The highest BCUT2D eigenvalue weighted by atomic mass is 28.3. The minimum absolute atomic E-state index is 0.146. The van der Waals surface area contributed by atoms with Crippen molar-refractivity contribution in [3.05, 3.63) is 22.6 Å². The molecule has 0 aliphatic carbocycles. The van der Waals surface area contributed by atoms with E-state index in [-0.39, 0.29) is 30.1 Å². The van der Waals surface area contributed by atoms with Crippen molar-refractivity contribution in [2.75, 3.05) is 6.61 Å². The first kappa shape index (κ1) is 15.9. The minimum atomic E-state index is -1.27. The Hall–Kier alpha value is -1.01. The van der Waals surface area contributed by atoms with Gasteiger partial charge in [-0.15, -0.1) is 0 Å². The first-order valence-electron chi connectivity index (χ1n) is 7.64. The van der Waals surface area contributed by atoms with Crippen LogP contribution >= 0.6 is 0 Å². The summed E-state index contributed by atoms with van der Waals surface area (Å²) in [6.07, 6.45) is 0.767. The first-order valence-corrected chi connectivity index (χ1v) is 13.2. The number of nitrogens with zero attached hydrogens (tertiary/aromatic N) is 2. The normalized spacial score (nSPS) is 29.7. The van der Waals surface area contributed by atoms with Crippen molar-refractivity contribution < 1.29 is 18.3 Å². The van der Waals surface area contributed by atoms with E-state index in [1.165, 1.54) is 6.07 Å². The fourth-order valence-electron chi connectivity index (χ4n) is 2.76. The van der Waals surface area contributed by atoms with Gasteiger partial charge >= 0.3 is 6.01 Å². The van der Waals surface area contributed by atoms with Crippen molar-refractivity contribution in [2.24, 2.45) is 0 Å². The average Bonchev–Trinajstić information content (AvgIpc) is 2.92. The molecule has 4 atom stereocenters. The van der Waals surface area contributed by atoms with Gasteiger partial charge in [-0.2, -0.15) is 4.98 Å². The third kappa shape index (κ3) is 3.04. The summed E-state index contributed by atoms with van der Waals surface area (Å²) in [5.41, 5.74) is -0.312. The van der Waals surface area contributed by atoms with E-state index in [4.69, 9.17) is 18.3 Å². The molecule has 0 N–H and O–H groups in total. The molecule has 0 spiro atoms. The molecule has 2 aliphatic rings. The molecule has 1 fully saturated rings. The molecule has 1 saturated heterocycles. The largest absolute Gasteiger partial charge is 0.454 e. The maximum Gasteiger partial charge on any atom is 0.302 e. The van der Waals surface area contributed by atoms with E-state index in [0.717, 1.165) is 0 Å². The number of hydrogen-bond acceptors (Lipinski definition) is 6. The van der Waals surface area contributed by atoms with Gasteiger partial charge in [-0.05, 0) is 26.2 Å². The van der Waals surface area contributed by atoms with Crippen molar-refractivity contribution in [3.63, 3.8) is 0 Å². The Morgan fingerprint density at radius 2 is 2.09 bits per heavy atom. The number of aromatic nitrogens is 2. The number of hydrogen-bond donors (Lipinski definition) is 0. The predicted octanol–water partition coefficient (Wildman–Crippen LogP) is 0.270. The van der Waals surface area contributed by atoms with Gasteiger partial charge < -0.3 is 18.3 Å². The van der Waals surface area contributed by atoms with Crippen LogP contribution in [0, 0.1) is 0 Å². The highest BCUT2D eigenvalue weighted by molar-refractivity contribution is 6.48. The third-order valence-electron chi connectivity index (χ3n) is 3.63. The smallest absolute Gasteiger partial charge is 0.302 e. The van der Waals surface area contributed by atoms with E-state index in [1.807, 2.05) is 0 Å². The third-order valence-corrected chi connectivity index (χ3v) is 5.35. The summed E-state index contributed by atoms with van der Waals surface area (Å²) in [6, 6.07) is 1.72. The highest BCUT2D eigenvalue weighted by Crippen LogP contribution is 2.40. The molecule has 0 bridgehead atoms. The van der Waals surface area contributed by atoms with Gasteiger partial charge in [0.05, 0.1) is 6.61 Å². The van der Waals surface area contributed by atoms with Crippen molar-refractivity contribution >= 4 is 18.1 Å². The van der Waals surface area contributed by atoms with Gasteiger partial charge in [0, 0.05) is 12.3 Å². The lowest BCUT2D eigenvalue weighted by Gasteiger charge is -2.24. The Kier molecular flexibility index (Phi) is 4.50. The lowest BCUT2D eigenvalue weighted by Crippen LogP contribution is -2.41. The Balaban J connectivity index is 1.82. The molecule has 1 aromatic rings. The van der Waals surface area contributed by atoms with Crippen LogP contribution in [0.15, 0.2) is 17.1 Å². The minimum Gasteiger partial charge on any atom is -0.454 e. The van der Waals surface area contributed by atoms with Gasteiger partial charge in [0.15, 0.2) is 30.4 Å². The van der Waals surface area contributed by atoms with Gasteiger partial charge in [-0.25, -0.2) is 0 Å². The predicted molar refractivity (Wildman–Crippen MR) is 85.4 cm³/mol. The summed E-state index contributed by atoms with van der Waals surface area (Å²) in [5.74, 6) is 0. The van der Waals surface area contributed by atoms with Gasteiger partial charge in [0.2, 0.25) is 0 Å². The lowest BCUT2D eigenvalue weighted by molar-refractivity contribution is -0.0350. The summed E-state index contributed by atoms with van der Waals surface area (Å²) in [4.78, 5) is 15.3. The molecule has 1 aromatic heterocycles. The molecular formula is C13H22N2O5Si2. The Bertz CT molecular complexity index is 594. The molecule has 2 aliphatic heterocycles. The van der Waals surface area contributed by atoms with Crippen molar-refractivity contribution in [1.82, 2.24) is 9.55 Å². The fraction of sp³-hybridized carbons (Fsp3) is 0.692. The van der Waals surface area contributed by atoms with Crippen LogP contribution in [-0.2, 0) is 13.6 Å². The van der Waals surface area contributed by atoms with Crippen LogP contribution in [0.4, 0.5) is 0 Å². The maximum atomic E-state index is 11.4. The summed E-state index contributed by atoms with van der Waals surface area (Å²) >= 11 is 0. The van der Waals surface area contributed by atoms with Crippen molar-refractivity contribution in [1.29, 1.82) is 0 Å². The SMILES string of the molecule is C[SiH](C)OCC1OC2C(Oc3nc(=O)ccn32)C1O[SiH](C)C. The van der Waals surface area contributed by atoms with Gasteiger partial charge in [-0.3, -0.25) is 9.36 Å². The Labute approximate surface area is 132 Å². The van der Waals surface area contributed by atoms with Crippen LogP contribution in [0.2, 0.25) is 26.2 Å². The van der Waals surface area contributed by atoms with E-state index in [2.05, 4.69) is 31.2 Å². The molecule has 22 heavy (non-hydrogen) atoms. The average molecular weight is 343 g/mol. The van der Waals surface area contributed by atoms with Crippen LogP contribution in [-0.4, -0.2) is 52.6 Å². The van der Waals surface area contributed by atoms with E-state index in [1.54, 1.807) is 10.8 Å². The Morgan fingerprint density at radius 1 is 1.32 bits per heavy atom. The van der Waals surface area contributed by atoms with Gasteiger partial charge in [0.25, 0.3) is 5.56 Å². The molecule has 0 radical (unpaired) electrons. The summed E-state index contributed by atoms with van der Waals surface area (Å²) in [7, 11) is -2.39. The second-order valence-electron chi connectivity index (χ2n) is 6.13. The zero-order valence-electron chi connectivity index (χ0n) is 13.3. The summed E-state index contributed by atoms with van der Waals surface area (Å²) < 4.78 is 25.7. The highest BCUT2D eigenvalue weighted by Gasteiger charge is 2.52. The number of fused-ring (bicyclic) bond motifs is 3. The van der Waals surface area contributed by atoms with Gasteiger partial charge in [-0.1, -0.05) is 0 Å². The van der Waals surface area contributed by atoms with Gasteiger partial charge in [0.1, 0.15) is 12.2 Å². The number of rotatable bonds is 5. The standard InChI is InChI=1S/C13H22N2O5Si2/c1-21(2)17-7-8-10(20-22(3)4)11-12(18-8)15-6-5-9(16)14-13(15)19-11/h5-6,8,10-12,21-22H,7H2,1-4H3.